The summed E-state index contributed by atoms with van der Waals surface area (Å²) in [5, 5.41) is -0.119. The highest BCUT2D eigenvalue weighted by Crippen LogP contribution is 2.35. The number of anilines is 1. The van der Waals surface area contributed by atoms with E-state index >= 15 is 0 Å². The number of carbonyl (C=O) groups excluding carboxylic acids is 1. The normalized spacial score (nSPS) is 20.6. The number of alkyl halides is 3. The zero-order valence-electron chi connectivity index (χ0n) is 9.66. The third kappa shape index (κ3) is 2.48. The fourth-order valence-corrected chi connectivity index (χ4v) is 2.32. The standard InChI is InChI=1S/C12H12F3NOS/c1-7-2-3-8(12(13,14)15)4-10(7)16-6-9(18)5-11(16)17/h2-4,9,18H,5-6H2,1H3. The molecule has 1 atom stereocenters. The zero-order valence-corrected chi connectivity index (χ0v) is 10.6. The molecule has 6 heteroatoms. The lowest BCUT2D eigenvalue weighted by atomic mass is 10.1. The maximum atomic E-state index is 12.6. The van der Waals surface area contributed by atoms with Gasteiger partial charge in [0.05, 0.1) is 5.56 Å². The second kappa shape index (κ2) is 4.50. The van der Waals surface area contributed by atoms with Crippen molar-refractivity contribution in [3.8, 4) is 0 Å². The first kappa shape index (κ1) is 13.3. The Labute approximate surface area is 108 Å². The number of halogens is 3. The van der Waals surface area contributed by atoms with Gasteiger partial charge in [0, 0.05) is 23.9 Å². The van der Waals surface area contributed by atoms with Crippen LogP contribution in [0.15, 0.2) is 18.2 Å². The molecule has 1 fully saturated rings. The quantitative estimate of drug-likeness (QED) is 0.781. The van der Waals surface area contributed by atoms with Gasteiger partial charge in [0.1, 0.15) is 0 Å². The van der Waals surface area contributed by atoms with Gasteiger partial charge in [-0.1, -0.05) is 6.07 Å². The molecule has 2 rings (SSSR count). The summed E-state index contributed by atoms with van der Waals surface area (Å²) in [5.41, 5.74) is 0.240. The van der Waals surface area contributed by atoms with Gasteiger partial charge >= 0.3 is 6.18 Å². The van der Waals surface area contributed by atoms with E-state index in [1.807, 2.05) is 0 Å². The Morgan fingerprint density at radius 2 is 2.06 bits per heavy atom. The first-order valence-electron chi connectivity index (χ1n) is 5.45. The van der Waals surface area contributed by atoms with Crippen LogP contribution < -0.4 is 4.90 Å². The van der Waals surface area contributed by atoms with E-state index in [9.17, 15) is 18.0 Å². The molecule has 1 aliphatic rings. The average Bonchev–Trinajstić information content (AvgIpc) is 2.56. The van der Waals surface area contributed by atoms with Crippen LogP contribution >= 0.6 is 12.6 Å². The summed E-state index contributed by atoms with van der Waals surface area (Å²) in [6, 6.07) is 3.44. The highest BCUT2D eigenvalue weighted by Gasteiger charge is 2.34. The molecule has 1 aliphatic heterocycles. The Bertz CT molecular complexity index is 487. The van der Waals surface area contributed by atoms with Crippen LogP contribution in [-0.2, 0) is 11.0 Å². The Kier molecular flexibility index (Phi) is 3.31. The molecule has 0 spiro atoms. The minimum atomic E-state index is -4.40. The van der Waals surface area contributed by atoms with Gasteiger partial charge in [-0.3, -0.25) is 4.79 Å². The lowest BCUT2D eigenvalue weighted by Gasteiger charge is -2.20. The van der Waals surface area contributed by atoms with E-state index in [-0.39, 0.29) is 17.6 Å². The summed E-state index contributed by atoms with van der Waals surface area (Å²) in [6.07, 6.45) is -4.13. The molecule has 1 unspecified atom stereocenters. The highest BCUT2D eigenvalue weighted by molar-refractivity contribution is 7.81. The molecule has 1 aromatic rings. The number of aryl methyl sites for hydroxylation is 1. The maximum absolute atomic E-state index is 12.6. The molecule has 0 bridgehead atoms. The number of hydrogen-bond donors (Lipinski definition) is 1. The molecule has 18 heavy (non-hydrogen) atoms. The maximum Gasteiger partial charge on any atom is 0.416 e. The molecule has 1 aromatic carbocycles. The first-order chi connectivity index (χ1) is 8.29. The van der Waals surface area contributed by atoms with Crippen molar-refractivity contribution in [2.75, 3.05) is 11.4 Å². The van der Waals surface area contributed by atoms with E-state index in [1.54, 1.807) is 6.92 Å². The Morgan fingerprint density at radius 1 is 1.39 bits per heavy atom. The summed E-state index contributed by atoms with van der Waals surface area (Å²) < 4.78 is 37.9. The Balaban J connectivity index is 2.41. The van der Waals surface area contributed by atoms with Crippen LogP contribution in [0.5, 0.6) is 0 Å². The van der Waals surface area contributed by atoms with Gasteiger partial charge in [0.25, 0.3) is 0 Å². The molecule has 0 saturated carbocycles. The number of thiol groups is 1. The zero-order chi connectivity index (χ0) is 13.5. The summed E-state index contributed by atoms with van der Waals surface area (Å²) in [4.78, 5) is 13.1. The lowest BCUT2D eigenvalue weighted by Crippen LogP contribution is -2.26. The number of amides is 1. The summed E-state index contributed by atoms with van der Waals surface area (Å²) in [7, 11) is 0. The molecule has 0 N–H and O–H groups in total. The van der Waals surface area contributed by atoms with Gasteiger partial charge in [-0.2, -0.15) is 25.8 Å². The van der Waals surface area contributed by atoms with Crippen molar-refractivity contribution >= 4 is 24.2 Å². The third-order valence-electron chi connectivity index (χ3n) is 2.93. The number of carbonyl (C=O) groups is 1. The summed E-state index contributed by atoms with van der Waals surface area (Å²) in [5.74, 6) is -0.183. The SMILES string of the molecule is Cc1ccc(C(F)(F)F)cc1N1CC(S)CC1=O. The van der Waals surface area contributed by atoms with Crippen LogP contribution in [0.4, 0.5) is 18.9 Å². The molecule has 1 amide bonds. The monoisotopic (exact) mass is 275 g/mol. The number of nitrogens with zero attached hydrogens (tertiary/aromatic N) is 1. The fraction of sp³-hybridized carbons (Fsp3) is 0.417. The van der Waals surface area contributed by atoms with Crippen molar-refractivity contribution < 1.29 is 18.0 Å². The van der Waals surface area contributed by atoms with Crippen LogP contribution in [0, 0.1) is 6.92 Å². The van der Waals surface area contributed by atoms with Crippen molar-refractivity contribution in [2.24, 2.45) is 0 Å². The summed E-state index contributed by atoms with van der Waals surface area (Å²) >= 11 is 4.19. The van der Waals surface area contributed by atoms with Gasteiger partial charge in [-0.15, -0.1) is 0 Å². The molecule has 98 valence electrons. The summed E-state index contributed by atoms with van der Waals surface area (Å²) in [6.45, 7) is 2.04. The minimum Gasteiger partial charge on any atom is -0.311 e. The number of hydrogen-bond acceptors (Lipinski definition) is 2. The number of benzene rings is 1. The van der Waals surface area contributed by atoms with E-state index in [1.165, 1.54) is 11.0 Å². The van der Waals surface area contributed by atoms with Crippen molar-refractivity contribution in [1.82, 2.24) is 0 Å². The van der Waals surface area contributed by atoms with E-state index < -0.39 is 11.7 Å². The molecule has 1 heterocycles. The van der Waals surface area contributed by atoms with Crippen molar-refractivity contribution in [1.29, 1.82) is 0 Å². The molecule has 0 aromatic heterocycles. The molecule has 0 radical (unpaired) electrons. The molecular weight excluding hydrogens is 263 g/mol. The van der Waals surface area contributed by atoms with E-state index in [0.717, 1.165) is 12.1 Å². The topological polar surface area (TPSA) is 20.3 Å². The second-order valence-electron chi connectivity index (χ2n) is 4.36. The smallest absolute Gasteiger partial charge is 0.311 e. The van der Waals surface area contributed by atoms with Crippen LogP contribution in [0.25, 0.3) is 0 Å². The molecule has 0 aliphatic carbocycles. The predicted molar refractivity (Wildman–Crippen MR) is 65.9 cm³/mol. The van der Waals surface area contributed by atoms with Crippen LogP contribution in [0.1, 0.15) is 17.5 Å². The highest BCUT2D eigenvalue weighted by atomic mass is 32.1. The minimum absolute atomic E-state index is 0.119. The largest absolute Gasteiger partial charge is 0.416 e. The van der Waals surface area contributed by atoms with Gasteiger partial charge < -0.3 is 4.90 Å². The van der Waals surface area contributed by atoms with E-state index in [0.29, 0.717) is 17.8 Å². The lowest BCUT2D eigenvalue weighted by molar-refractivity contribution is -0.137. The average molecular weight is 275 g/mol. The third-order valence-corrected chi connectivity index (χ3v) is 3.28. The van der Waals surface area contributed by atoms with Gasteiger partial charge in [-0.25, -0.2) is 0 Å². The Hall–Kier alpha value is -1.17. The fourth-order valence-electron chi connectivity index (χ4n) is 2.00. The van der Waals surface area contributed by atoms with Crippen LogP contribution in [-0.4, -0.2) is 17.7 Å². The van der Waals surface area contributed by atoms with Crippen molar-refractivity contribution in [2.45, 2.75) is 24.8 Å². The molecular formula is C12H12F3NOS. The van der Waals surface area contributed by atoms with E-state index in [4.69, 9.17) is 0 Å². The van der Waals surface area contributed by atoms with E-state index in [2.05, 4.69) is 12.6 Å². The first-order valence-corrected chi connectivity index (χ1v) is 5.97. The molecule has 1 saturated heterocycles. The van der Waals surface area contributed by atoms with Crippen LogP contribution in [0.3, 0.4) is 0 Å². The van der Waals surface area contributed by atoms with Crippen molar-refractivity contribution in [3.05, 3.63) is 29.3 Å². The predicted octanol–water partition coefficient (Wildman–Crippen LogP) is 3.05. The van der Waals surface area contributed by atoms with Crippen molar-refractivity contribution in [3.63, 3.8) is 0 Å². The van der Waals surface area contributed by atoms with Crippen LogP contribution in [0.2, 0.25) is 0 Å². The van der Waals surface area contributed by atoms with Gasteiger partial charge in [-0.05, 0) is 24.6 Å². The Morgan fingerprint density at radius 3 is 2.56 bits per heavy atom. The number of rotatable bonds is 1. The van der Waals surface area contributed by atoms with Gasteiger partial charge in [0.15, 0.2) is 0 Å². The second-order valence-corrected chi connectivity index (χ2v) is 5.09. The van der Waals surface area contributed by atoms with Gasteiger partial charge in [0.2, 0.25) is 5.91 Å². The molecule has 2 nitrogen and oxygen atoms in total.